The number of ether oxygens (including phenoxy) is 1. The average Bonchev–Trinajstić information content (AvgIpc) is 2.54. The second-order valence-corrected chi connectivity index (χ2v) is 6.33. The summed E-state index contributed by atoms with van der Waals surface area (Å²) < 4.78 is 4.69. The van der Waals surface area contributed by atoms with Crippen LogP contribution in [0.3, 0.4) is 0 Å². The van der Waals surface area contributed by atoms with Crippen molar-refractivity contribution in [2.24, 2.45) is 5.73 Å². The van der Waals surface area contributed by atoms with Crippen molar-refractivity contribution < 1.29 is 9.53 Å². The molecule has 5 heteroatoms. The zero-order valence-corrected chi connectivity index (χ0v) is 13.4. The van der Waals surface area contributed by atoms with Gasteiger partial charge in [0.25, 0.3) is 0 Å². The van der Waals surface area contributed by atoms with Gasteiger partial charge in [0.05, 0.1) is 24.9 Å². The van der Waals surface area contributed by atoms with Crippen LogP contribution in [-0.2, 0) is 9.53 Å². The molecule has 0 bridgehead atoms. The molecule has 2 N–H and O–H groups in total. The minimum atomic E-state index is -0.346. The number of carbonyl (C=O) groups excluding carboxylic acids is 1. The minimum Gasteiger partial charge on any atom is -0.469 e. The summed E-state index contributed by atoms with van der Waals surface area (Å²) in [7, 11) is 3.44. The van der Waals surface area contributed by atoms with E-state index in [0.29, 0.717) is 0 Å². The van der Waals surface area contributed by atoms with Crippen LogP contribution in [0.5, 0.6) is 0 Å². The molecular weight excluding hydrogens is 296 g/mol. The fourth-order valence-electron chi connectivity index (χ4n) is 2.57. The fourth-order valence-corrected chi connectivity index (χ4v) is 3.77. The molecule has 22 heavy (non-hydrogen) atoms. The molecule has 1 heterocycles. The van der Waals surface area contributed by atoms with Crippen molar-refractivity contribution in [3.63, 3.8) is 0 Å². The molecule has 114 valence electrons. The van der Waals surface area contributed by atoms with Crippen molar-refractivity contribution in [2.75, 3.05) is 19.1 Å². The van der Waals surface area contributed by atoms with Gasteiger partial charge in [-0.05, 0) is 29.8 Å². The maximum absolute atomic E-state index is 11.4. The Morgan fingerprint density at radius 1 is 1.23 bits per heavy atom. The van der Waals surface area contributed by atoms with Crippen LogP contribution in [0.2, 0.25) is 0 Å². The summed E-state index contributed by atoms with van der Waals surface area (Å²) in [5, 5.41) is 0. The van der Waals surface area contributed by atoms with Crippen molar-refractivity contribution in [3.8, 4) is 0 Å². The lowest BCUT2D eigenvalue weighted by atomic mass is 10.0. The van der Waals surface area contributed by atoms with Gasteiger partial charge in [-0.2, -0.15) is 0 Å². The summed E-state index contributed by atoms with van der Waals surface area (Å²) in [5.74, 6) is -0.291. The first-order chi connectivity index (χ1) is 10.6. The predicted molar refractivity (Wildman–Crippen MR) is 88.6 cm³/mol. The Hall–Kier alpha value is -1.98. The first kappa shape index (κ1) is 14.9. The molecule has 0 amide bonds. The van der Waals surface area contributed by atoms with Crippen molar-refractivity contribution in [1.29, 1.82) is 0 Å². The average molecular weight is 314 g/mol. The van der Waals surface area contributed by atoms with E-state index in [4.69, 9.17) is 5.73 Å². The maximum atomic E-state index is 11.4. The number of esters is 1. The predicted octanol–water partition coefficient (Wildman–Crippen LogP) is 3.48. The van der Waals surface area contributed by atoms with Gasteiger partial charge in [0.1, 0.15) is 0 Å². The van der Waals surface area contributed by atoms with Gasteiger partial charge in [-0.1, -0.05) is 30.0 Å². The van der Waals surface area contributed by atoms with Crippen molar-refractivity contribution in [2.45, 2.75) is 22.3 Å². The number of benzene rings is 2. The van der Waals surface area contributed by atoms with Crippen LogP contribution in [-0.4, -0.2) is 20.1 Å². The molecule has 0 radical (unpaired) electrons. The quantitative estimate of drug-likeness (QED) is 0.879. The third kappa shape index (κ3) is 2.69. The number of carbonyl (C=O) groups is 1. The van der Waals surface area contributed by atoms with E-state index in [1.165, 1.54) is 17.7 Å². The summed E-state index contributed by atoms with van der Waals surface area (Å²) in [6.45, 7) is 0. The van der Waals surface area contributed by atoms with Crippen LogP contribution >= 0.6 is 11.8 Å². The van der Waals surface area contributed by atoms with Crippen molar-refractivity contribution in [1.82, 2.24) is 0 Å². The summed E-state index contributed by atoms with van der Waals surface area (Å²) in [4.78, 5) is 15.9. The van der Waals surface area contributed by atoms with Crippen LogP contribution in [0.4, 0.5) is 11.4 Å². The summed E-state index contributed by atoms with van der Waals surface area (Å²) in [6.07, 6.45) is 0.187. The van der Waals surface area contributed by atoms with Crippen LogP contribution in [0.25, 0.3) is 0 Å². The number of para-hydroxylation sites is 1. The highest BCUT2D eigenvalue weighted by atomic mass is 32.2. The molecule has 1 atom stereocenters. The largest absolute Gasteiger partial charge is 0.469 e. The molecule has 1 unspecified atom stereocenters. The number of fused-ring (bicyclic) bond motifs is 2. The lowest BCUT2D eigenvalue weighted by Gasteiger charge is -2.30. The normalized spacial score (nSPS) is 14.0. The van der Waals surface area contributed by atoms with E-state index >= 15 is 0 Å². The summed E-state index contributed by atoms with van der Waals surface area (Å²) in [6, 6.07) is 14.1. The molecule has 1 aliphatic heterocycles. The highest BCUT2D eigenvalue weighted by Gasteiger charge is 2.22. The minimum absolute atomic E-state index is 0.187. The third-order valence-corrected chi connectivity index (χ3v) is 4.95. The van der Waals surface area contributed by atoms with Crippen LogP contribution < -0.4 is 10.6 Å². The van der Waals surface area contributed by atoms with Crippen molar-refractivity contribution >= 4 is 29.1 Å². The maximum Gasteiger partial charge on any atom is 0.307 e. The monoisotopic (exact) mass is 314 g/mol. The number of nitrogens with two attached hydrogens (primary N) is 1. The number of hydrogen-bond acceptors (Lipinski definition) is 5. The first-order valence-electron chi connectivity index (χ1n) is 7.07. The molecule has 1 aliphatic rings. The molecule has 0 aromatic heterocycles. The Morgan fingerprint density at radius 3 is 2.73 bits per heavy atom. The molecule has 0 aliphatic carbocycles. The van der Waals surface area contributed by atoms with E-state index in [2.05, 4.69) is 40.9 Å². The van der Waals surface area contributed by atoms with Crippen LogP contribution in [0.15, 0.2) is 52.3 Å². The van der Waals surface area contributed by atoms with Gasteiger partial charge in [-0.3, -0.25) is 4.79 Å². The van der Waals surface area contributed by atoms with E-state index in [9.17, 15) is 4.79 Å². The lowest BCUT2D eigenvalue weighted by molar-refractivity contribution is -0.141. The Bertz CT molecular complexity index is 718. The topological polar surface area (TPSA) is 55.6 Å². The molecule has 2 aromatic rings. The standard InChI is InChI=1S/C17H18N2O2S/c1-19-13-5-3-4-6-15(13)22-16-9-11(7-8-14(16)19)12(18)10-17(20)21-2/h3-9,12H,10,18H2,1-2H3. The Morgan fingerprint density at radius 2 is 1.95 bits per heavy atom. The number of rotatable bonds is 3. The van der Waals surface area contributed by atoms with Gasteiger partial charge >= 0.3 is 5.97 Å². The van der Waals surface area contributed by atoms with E-state index in [1.54, 1.807) is 11.8 Å². The Labute approximate surface area is 134 Å². The summed E-state index contributed by atoms with van der Waals surface area (Å²) in [5.41, 5.74) is 9.41. The number of nitrogens with zero attached hydrogens (tertiary/aromatic N) is 1. The molecule has 0 spiro atoms. The van der Waals surface area contributed by atoms with Gasteiger partial charge in [0.2, 0.25) is 0 Å². The molecular formula is C17H18N2O2S. The van der Waals surface area contributed by atoms with E-state index in [1.807, 2.05) is 18.2 Å². The number of hydrogen-bond donors (Lipinski definition) is 1. The Balaban J connectivity index is 1.91. The fraction of sp³-hybridized carbons (Fsp3) is 0.235. The second-order valence-electron chi connectivity index (χ2n) is 5.24. The van der Waals surface area contributed by atoms with Gasteiger partial charge in [0, 0.05) is 22.9 Å². The van der Waals surface area contributed by atoms with Crippen LogP contribution in [0, 0.1) is 0 Å². The number of anilines is 2. The van der Waals surface area contributed by atoms with Gasteiger partial charge < -0.3 is 15.4 Å². The second kappa shape index (κ2) is 6.02. The smallest absolute Gasteiger partial charge is 0.307 e. The summed E-state index contributed by atoms with van der Waals surface area (Å²) >= 11 is 1.73. The SMILES string of the molecule is COC(=O)CC(N)c1ccc2c(c1)Sc1ccccc1N2C. The highest BCUT2D eigenvalue weighted by Crippen LogP contribution is 2.47. The first-order valence-corrected chi connectivity index (χ1v) is 7.88. The zero-order valence-electron chi connectivity index (χ0n) is 12.6. The van der Waals surface area contributed by atoms with Crippen molar-refractivity contribution in [3.05, 3.63) is 48.0 Å². The van der Waals surface area contributed by atoms with E-state index < -0.39 is 0 Å². The molecule has 0 saturated heterocycles. The third-order valence-electron chi connectivity index (χ3n) is 3.83. The molecule has 3 rings (SSSR count). The molecule has 0 fully saturated rings. The van der Waals surface area contributed by atoms with E-state index in [0.717, 1.165) is 16.1 Å². The lowest BCUT2D eigenvalue weighted by Crippen LogP contribution is -2.18. The zero-order chi connectivity index (χ0) is 15.7. The van der Waals surface area contributed by atoms with Crippen LogP contribution in [0.1, 0.15) is 18.0 Å². The van der Waals surface area contributed by atoms with Gasteiger partial charge in [-0.25, -0.2) is 0 Å². The molecule has 2 aromatic carbocycles. The van der Waals surface area contributed by atoms with Gasteiger partial charge in [0.15, 0.2) is 0 Å². The Kier molecular flexibility index (Phi) is 4.09. The molecule has 0 saturated carbocycles. The molecule has 4 nitrogen and oxygen atoms in total. The number of methoxy groups -OCH3 is 1. The highest BCUT2D eigenvalue weighted by molar-refractivity contribution is 7.99. The van der Waals surface area contributed by atoms with E-state index in [-0.39, 0.29) is 18.4 Å². The van der Waals surface area contributed by atoms with Gasteiger partial charge in [-0.15, -0.1) is 0 Å².